The Morgan fingerprint density at radius 3 is 2.25 bits per heavy atom. The van der Waals surface area contributed by atoms with Crippen molar-refractivity contribution in [1.82, 2.24) is 0 Å². The molecule has 0 amide bonds. The van der Waals surface area contributed by atoms with E-state index >= 15 is 0 Å². The molecule has 114 valence electrons. The van der Waals surface area contributed by atoms with Gasteiger partial charge in [0.25, 0.3) is 0 Å². The highest BCUT2D eigenvalue weighted by atomic mass is 19.4. The molecule has 0 aliphatic rings. The van der Waals surface area contributed by atoms with Crippen LogP contribution in [0.4, 0.5) is 13.2 Å². The normalized spacial score (nSPS) is 14.9. The van der Waals surface area contributed by atoms with Gasteiger partial charge in [0.1, 0.15) is 5.75 Å². The number of hydrogen-bond donors (Lipinski definition) is 1. The molecule has 0 bridgehead atoms. The first-order valence-corrected chi connectivity index (χ1v) is 6.85. The van der Waals surface area contributed by atoms with Crippen molar-refractivity contribution in [3.8, 4) is 5.75 Å². The van der Waals surface area contributed by atoms with Crippen molar-refractivity contribution in [3.63, 3.8) is 0 Å². The van der Waals surface area contributed by atoms with E-state index in [1.165, 1.54) is 19.1 Å². The van der Waals surface area contributed by atoms with Gasteiger partial charge in [-0.2, -0.15) is 13.2 Å². The van der Waals surface area contributed by atoms with E-state index in [1.807, 2.05) is 6.92 Å². The predicted molar refractivity (Wildman–Crippen MR) is 71.8 cm³/mol. The van der Waals surface area contributed by atoms with E-state index in [4.69, 9.17) is 4.74 Å². The van der Waals surface area contributed by atoms with Crippen molar-refractivity contribution in [2.45, 2.75) is 51.8 Å². The van der Waals surface area contributed by atoms with Crippen LogP contribution in [0.15, 0.2) is 18.2 Å². The third kappa shape index (κ3) is 3.26. The Morgan fingerprint density at radius 1 is 1.15 bits per heavy atom. The van der Waals surface area contributed by atoms with Gasteiger partial charge in [-0.15, -0.1) is 0 Å². The van der Waals surface area contributed by atoms with Crippen LogP contribution in [0.5, 0.6) is 5.75 Å². The van der Waals surface area contributed by atoms with Gasteiger partial charge in [-0.3, -0.25) is 0 Å². The van der Waals surface area contributed by atoms with Gasteiger partial charge in [0, 0.05) is 0 Å². The molecule has 0 heterocycles. The number of ether oxygens (including phenoxy) is 1. The minimum absolute atomic E-state index is 0.0844. The molecule has 0 aliphatic carbocycles. The molecule has 0 radical (unpaired) electrons. The number of hydrogen-bond acceptors (Lipinski definition) is 2. The summed E-state index contributed by atoms with van der Waals surface area (Å²) in [6.07, 6.45) is -3.89. The lowest BCUT2D eigenvalue weighted by molar-refractivity contribution is -0.268. The summed E-state index contributed by atoms with van der Waals surface area (Å²) in [6.45, 7) is 5.55. The molecule has 5 heteroatoms. The van der Waals surface area contributed by atoms with Crippen LogP contribution in [0.3, 0.4) is 0 Å². The molecule has 0 spiro atoms. The molecule has 1 rings (SSSR count). The molecule has 20 heavy (non-hydrogen) atoms. The fourth-order valence-electron chi connectivity index (χ4n) is 2.12. The van der Waals surface area contributed by atoms with E-state index in [-0.39, 0.29) is 5.56 Å². The average Bonchev–Trinajstić information content (AvgIpc) is 2.42. The molecular formula is C15H21F3O2. The van der Waals surface area contributed by atoms with Crippen molar-refractivity contribution in [3.05, 3.63) is 29.3 Å². The minimum atomic E-state index is -4.70. The standard InChI is InChI=1S/C15H21F3O2/c1-4-9-20-12-7-8-13(11(5-2)10-12)14(19,6-3)15(16,17)18/h7-8,10,19H,4-6,9H2,1-3H3. The highest BCUT2D eigenvalue weighted by molar-refractivity contribution is 5.40. The highest BCUT2D eigenvalue weighted by Crippen LogP contribution is 2.43. The highest BCUT2D eigenvalue weighted by Gasteiger charge is 2.54. The topological polar surface area (TPSA) is 29.5 Å². The summed E-state index contributed by atoms with van der Waals surface area (Å²) in [5.74, 6) is 0.535. The summed E-state index contributed by atoms with van der Waals surface area (Å²) < 4.78 is 44.8. The summed E-state index contributed by atoms with van der Waals surface area (Å²) in [6, 6.07) is 4.38. The molecule has 1 unspecified atom stereocenters. The van der Waals surface area contributed by atoms with Crippen LogP contribution in [0.2, 0.25) is 0 Å². The van der Waals surface area contributed by atoms with Crippen LogP contribution < -0.4 is 4.74 Å². The van der Waals surface area contributed by atoms with E-state index in [0.717, 1.165) is 6.42 Å². The van der Waals surface area contributed by atoms with E-state index in [9.17, 15) is 18.3 Å². The first kappa shape index (κ1) is 16.8. The van der Waals surface area contributed by atoms with E-state index < -0.39 is 18.2 Å². The second-order valence-electron chi connectivity index (χ2n) is 4.73. The van der Waals surface area contributed by atoms with Gasteiger partial charge in [-0.25, -0.2) is 0 Å². The number of aryl methyl sites for hydroxylation is 1. The van der Waals surface area contributed by atoms with Gasteiger partial charge >= 0.3 is 6.18 Å². The Hall–Kier alpha value is -1.23. The zero-order chi connectivity index (χ0) is 15.4. The Morgan fingerprint density at radius 2 is 1.80 bits per heavy atom. The summed E-state index contributed by atoms with van der Waals surface area (Å²) in [7, 11) is 0. The average molecular weight is 290 g/mol. The van der Waals surface area contributed by atoms with Gasteiger partial charge in [0.05, 0.1) is 6.61 Å². The zero-order valence-electron chi connectivity index (χ0n) is 12.0. The third-order valence-electron chi connectivity index (χ3n) is 3.36. The molecule has 1 aromatic rings. The summed E-state index contributed by atoms with van der Waals surface area (Å²) >= 11 is 0. The smallest absolute Gasteiger partial charge is 0.421 e. The van der Waals surface area contributed by atoms with Gasteiger partial charge < -0.3 is 9.84 Å². The molecule has 1 atom stereocenters. The number of aliphatic hydroxyl groups is 1. The maximum Gasteiger partial charge on any atom is 0.421 e. The molecular weight excluding hydrogens is 269 g/mol. The van der Waals surface area contributed by atoms with E-state index in [2.05, 4.69) is 0 Å². The Bertz CT molecular complexity index is 443. The SMILES string of the molecule is CCCOc1ccc(C(O)(CC)C(F)(F)F)c(CC)c1. The Labute approximate surface area is 117 Å². The second-order valence-corrected chi connectivity index (χ2v) is 4.73. The van der Waals surface area contributed by atoms with Crippen LogP contribution in [0, 0.1) is 0 Å². The Kier molecular flexibility index (Phi) is 5.45. The lowest BCUT2D eigenvalue weighted by atomic mass is 9.86. The molecule has 1 N–H and O–H groups in total. The van der Waals surface area contributed by atoms with Crippen molar-refractivity contribution >= 4 is 0 Å². The summed E-state index contributed by atoms with van der Waals surface area (Å²) in [5.41, 5.74) is -2.43. The molecule has 0 saturated heterocycles. The lowest BCUT2D eigenvalue weighted by Crippen LogP contribution is -2.42. The van der Waals surface area contributed by atoms with Crippen LogP contribution >= 0.6 is 0 Å². The summed E-state index contributed by atoms with van der Waals surface area (Å²) in [4.78, 5) is 0. The maximum absolute atomic E-state index is 13.1. The van der Waals surface area contributed by atoms with Gasteiger partial charge in [-0.1, -0.05) is 26.8 Å². The van der Waals surface area contributed by atoms with Crippen molar-refractivity contribution in [1.29, 1.82) is 0 Å². The van der Waals surface area contributed by atoms with Crippen molar-refractivity contribution < 1.29 is 23.0 Å². The first-order chi connectivity index (χ1) is 9.30. The maximum atomic E-state index is 13.1. The third-order valence-corrected chi connectivity index (χ3v) is 3.36. The molecule has 1 aromatic carbocycles. The number of halogens is 3. The van der Waals surface area contributed by atoms with Crippen LogP contribution in [0.1, 0.15) is 44.7 Å². The quantitative estimate of drug-likeness (QED) is 0.851. The van der Waals surface area contributed by atoms with Crippen LogP contribution in [0.25, 0.3) is 0 Å². The van der Waals surface area contributed by atoms with Crippen molar-refractivity contribution in [2.24, 2.45) is 0 Å². The Balaban J connectivity index is 3.24. The van der Waals surface area contributed by atoms with Crippen molar-refractivity contribution in [2.75, 3.05) is 6.61 Å². The largest absolute Gasteiger partial charge is 0.494 e. The number of alkyl halides is 3. The predicted octanol–water partition coefficient (Wildman–Crippen LogP) is 4.20. The van der Waals surface area contributed by atoms with E-state index in [0.29, 0.717) is 24.3 Å². The molecule has 0 aliphatic heterocycles. The minimum Gasteiger partial charge on any atom is -0.494 e. The first-order valence-electron chi connectivity index (χ1n) is 6.85. The fraction of sp³-hybridized carbons (Fsp3) is 0.600. The number of benzene rings is 1. The molecule has 0 fully saturated rings. The fourth-order valence-corrected chi connectivity index (χ4v) is 2.12. The van der Waals surface area contributed by atoms with Gasteiger partial charge in [-0.05, 0) is 42.5 Å². The second kappa shape index (κ2) is 6.48. The van der Waals surface area contributed by atoms with Crippen LogP contribution in [-0.4, -0.2) is 17.9 Å². The van der Waals surface area contributed by atoms with E-state index in [1.54, 1.807) is 13.0 Å². The monoisotopic (exact) mass is 290 g/mol. The van der Waals surface area contributed by atoms with Gasteiger partial charge in [0.15, 0.2) is 5.60 Å². The van der Waals surface area contributed by atoms with Crippen LogP contribution in [-0.2, 0) is 12.0 Å². The van der Waals surface area contributed by atoms with Gasteiger partial charge in [0.2, 0.25) is 0 Å². The molecule has 2 nitrogen and oxygen atoms in total. The summed E-state index contributed by atoms with van der Waals surface area (Å²) in [5, 5.41) is 10.0. The molecule has 0 aromatic heterocycles. The number of rotatable bonds is 6. The zero-order valence-corrected chi connectivity index (χ0v) is 12.0. The molecule has 0 saturated carbocycles. The lowest BCUT2D eigenvalue weighted by Gasteiger charge is -2.31.